The Balaban J connectivity index is 1.63. The summed E-state index contributed by atoms with van der Waals surface area (Å²) >= 11 is 0. The van der Waals surface area contributed by atoms with E-state index in [-0.39, 0.29) is 29.7 Å². The molecule has 0 saturated heterocycles. The number of benzene rings is 2. The molecule has 2 aromatic rings. The Morgan fingerprint density at radius 1 is 1.03 bits per heavy atom. The highest BCUT2D eigenvalue weighted by Gasteiger charge is 2.34. The number of carbonyl (C=O) groups excluding carboxylic acids is 2. The van der Waals surface area contributed by atoms with Crippen molar-refractivity contribution in [1.29, 1.82) is 0 Å². The van der Waals surface area contributed by atoms with Crippen LogP contribution in [0.25, 0.3) is 0 Å². The summed E-state index contributed by atoms with van der Waals surface area (Å²) < 4.78 is 13.2. The summed E-state index contributed by atoms with van der Waals surface area (Å²) in [7, 11) is 0. The Morgan fingerprint density at radius 3 is 2.39 bits per heavy atom. The van der Waals surface area contributed by atoms with Crippen LogP contribution >= 0.6 is 0 Å². The molecule has 0 aliphatic heterocycles. The van der Waals surface area contributed by atoms with E-state index in [4.69, 9.17) is 4.84 Å². The maximum atomic E-state index is 13.2. The van der Waals surface area contributed by atoms with E-state index in [1.807, 2.05) is 51.1 Å². The molecule has 1 aliphatic carbocycles. The fourth-order valence-corrected chi connectivity index (χ4v) is 5.02. The molecule has 0 radical (unpaired) electrons. The molecule has 38 heavy (non-hydrogen) atoms. The fourth-order valence-electron chi connectivity index (χ4n) is 5.02. The van der Waals surface area contributed by atoms with Crippen LogP contribution in [0.2, 0.25) is 0 Å². The van der Waals surface area contributed by atoms with E-state index in [9.17, 15) is 14.0 Å². The number of amides is 1. The van der Waals surface area contributed by atoms with Gasteiger partial charge >= 0.3 is 5.97 Å². The van der Waals surface area contributed by atoms with Crippen molar-refractivity contribution in [1.82, 2.24) is 15.7 Å². The molecule has 0 spiro atoms. The van der Waals surface area contributed by atoms with Crippen molar-refractivity contribution in [3.05, 3.63) is 71.5 Å². The Kier molecular flexibility index (Phi) is 11.3. The number of rotatable bonds is 12. The van der Waals surface area contributed by atoms with Gasteiger partial charge in [-0.15, -0.1) is 5.48 Å². The number of aryl methyl sites for hydroxylation is 1. The van der Waals surface area contributed by atoms with Gasteiger partial charge < -0.3 is 15.1 Å². The normalized spacial score (nSPS) is 19.8. The average molecular weight is 526 g/mol. The minimum Gasteiger partial charge on any atom is -0.366 e. The monoisotopic (exact) mass is 525 g/mol. The number of hydroxylamine groups is 1. The third-order valence-corrected chi connectivity index (χ3v) is 7.20. The summed E-state index contributed by atoms with van der Waals surface area (Å²) in [6, 6.07) is 15.8. The van der Waals surface area contributed by atoms with Gasteiger partial charge in [0.05, 0.1) is 5.56 Å². The number of hydrogen-bond donors (Lipinski definition) is 2. The molecular weight excluding hydrogens is 481 g/mol. The molecule has 2 aromatic carbocycles. The van der Waals surface area contributed by atoms with Gasteiger partial charge in [0.2, 0.25) is 5.91 Å². The molecule has 1 fully saturated rings. The van der Waals surface area contributed by atoms with E-state index < -0.39 is 11.4 Å². The maximum absolute atomic E-state index is 13.2. The summed E-state index contributed by atoms with van der Waals surface area (Å²) in [5.74, 6) is -0.335. The van der Waals surface area contributed by atoms with E-state index in [0.29, 0.717) is 5.56 Å². The standard InChI is InChI=1S/C31H44FN3O3/c1-5-19-35(20-9-10-23-13-15-26(32)16-14-23)22-25-21-27(33-30(37)31(2,3)4)17-18-28(25)34-38-29(36)24-11-7-6-8-12-24/h6-8,11-16,25,27-28,34H,5,9-10,17-22H2,1-4H3,(H,33,37)/t25-,27+,28+/m0/s1. The summed E-state index contributed by atoms with van der Waals surface area (Å²) in [5, 5.41) is 3.25. The van der Waals surface area contributed by atoms with E-state index in [2.05, 4.69) is 22.6 Å². The number of hydrogen-bond acceptors (Lipinski definition) is 5. The summed E-state index contributed by atoms with van der Waals surface area (Å²) in [6.45, 7) is 10.7. The fraction of sp³-hybridized carbons (Fsp3) is 0.548. The van der Waals surface area contributed by atoms with Crippen LogP contribution in [0, 0.1) is 17.2 Å². The van der Waals surface area contributed by atoms with Gasteiger partial charge in [0.1, 0.15) is 5.82 Å². The molecule has 0 unspecified atom stereocenters. The molecule has 0 aromatic heterocycles. The van der Waals surface area contributed by atoms with Crippen LogP contribution in [0.15, 0.2) is 54.6 Å². The van der Waals surface area contributed by atoms with E-state index >= 15 is 0 Å². The predicted octanol–water partition coefficient (Wildman–Crippen LogP) is 5.53. The molecule has 6 nitrogen and oxygen atoms in total. The highest BCUT2D eigenvalue weighted by molar-refractivity contribution is 5.89. The topological polar surface area (TPSA) is 70.7 Å². The number of carbonyl (C=O) groups is 2. The molecule has 7 heteroatoms. The number of nitrogens with zero attached hydrogens (tertiary/aromatic N) is 1. The zero-order valence-corrected chi connectivity index (χ0v) is 23.3. The Labute approximate surface area is 227 Å². The van der Waals surface area contributed by atoms with Crippen molar-refractivity contribution < 1.29 is 18.8 Å². The molecule has 0 bridgehead atoms. The van der Waals surface area contributed by atoms with Crippen molar-refractivity contribution in [3.8, 4) is 0 Å². The number of nitrogens with one attached hydrogen (secondary N) is 2. The smallest absolute Gasteiger partial charge is 0.356 e. The predicted molar refractivity (Wildman–Crippen MR) is 149 cm³/mol. The first kappa shape index (κ1) is 29.8. The SMILES string of the molecule is CCCN(CCCc1ccc(F)cc1)C[C@@H]1C[C@H](NC(=O)C(C)(C)C)CC[C@H]1NOC(=O)c1ccccc1. The van der Waals surface area contributed by atoms with Crippen molar-refractivity contribution in [2.45, 2.75) is 78.3 Å². The maximum Gasteiger partial charge on any atom is 0.356 e. The molecule has 208 valence electrons. The third kappa shape index (κ3) is 9.52. The second-order valence-corrected chi connectivity index (χ2v) is 11.5. The van der Waals surface area contributed by atoms with Crippen molar-refractivity contribution >= 4 is 11.9 Å². The molecule has 2 N–H and O–H groups in total. The van der Waals surface area contributed by atoms with Crippen LogP contribution in [0.4, 0.5) is 4.39 Å². The lowest BCUT2D eigenvalue weighted by atomic mass is 9.80. The number of halogens is 1. The van der Waals surface area contributed by atoms with Crippen molar-refractivity contribution in [2.24, 2.45) is 11.3 Å². The van der Waals surface area contributed by atoms with Gasteiger partial charge in [-0.2, -0.15) is 0 Å². The minimum absolute atomic E-state index is 0.00176. The quantitative estimate of drug-likeness (QED) is 0.357. The summed E-state index contributed by atoms with van der Waals surface area (Å²) in [6.07, 6.45) is 5.36. The molecule has 0 heterocycles. The van der Waals surface area contributed by atoms with Crippen LogP contribution < -0.4 is 10.8 Å². The Hall–Kier alpha value is -2.77. The van der Waals surface area contributed by atoms with Gasteiger partial charge in [0.15, 0.2) is 0 Å². The van der Waals surface area contributed by atoms with Crippen LogP contribution in [0.1, 0.15) is 75.7 Å². The highest BCUT2D eigenvalue weighted by atomic mass is 19.1. The van der Waals surface area contributed by atoms with Crippen molar-refractivity contribution in [3.63, 3.8) is 0 Å². The van der Waals surface area contributed by atoms with E-state index in [0.717, 1.165) is 63.7 Å². The second kappa shape index (κ2) is 14.4. The lowest BCUT2D eigenvalue weighted by Gasteiger charge is -2.39. The van der Waals surface area contributed by atoms with Gasteiger partial charge in [-0.25, -0.2) is 9.18 Å². The molecule has 1 aliphatic rings. The van der Waals surface area contributed by atoms with E-state index in [1.54, 1.807) is 12.1 Å². The second-order valence-electron chi connectivity index (χ2n) is 11.5. The highest BCUT2D eigenvalue weighted by Crippen LogP contribution is 2.28. The van der Waals surface area contributed by atoms with Gasteiger partial charge in [-0.1, -0.05) is 58.0 Å². The Morgan fingerprint density at radius 2 is 1.74 bits per heavy atom. The first-order valence-electron chi connectivity index (χ1n) is 13.9. The zero-order valence-electron chi connectivity index (χ0n) is 23.3. The molecule has 3 atom stereocenters. The summed E-state index contributed by atoms with van der Waals surface area (Å²) in [5.41, 5.74) is 4.29. The molecular formula is C31H44FN3O3. The molecule has 1 saturated carbocycles. The molecule has 1 amide bonds. The lowest BCUT2D eigenvalue weighted by molar-refractivity contribution is -0.129. The average Bonchev–Trinajstić information content (AvgIpc) is 2.89. The van der Waals surface area contributed by atoms with E-state index in [1.165, 1.54) is 12.1 Å². The lowest BCUT2D eigenvalue weighted by Crippen LogP contribution is -2.52. The van der Waals surface area contributed by atoms with Crippen LogP contribution in [0.5, 0.6) is 0 Å². The Bertz CT molecular complexity index is 1010. The third-order valence-electron chi connectivity index (χ3n) is 7.20. The van der Waals surface area contributed by atoms with Crippen molar-refractivity contribution in [2.75, 3.05) is 19.6 Å². The first-order chi connectivity index (χ1) is 18.2. The van der Waals surface area contributed by atoms with Crippen LogP contribution in [0.3, 0.4) is 0 Å². The van der Waals surface area contributed by atoms with Crippen LogP contribution in [-0.4, -0.2) is 48.5 Å². The summed E-state index contributed by atoms with van der Waals surface area (Å²) in [4.78, 5) is 33.2. The largest absolute Gasteiger partial charge is 0.366 e. The first-order valence-corrected chi connectivity index (χ1v) is 13.9. The van der Waals surface area contributed by atoms with Crippen LogP contribution in [-0.2, 0) is 16.1 Å². The zero-order chi connectivity index (χ0) is 27.5. The van der Waals surface area contributed by atoms with Gasteiger partial charge in [-0.3, -0.25) is 4.79 Å². The minimum atomic E-state index is -0.440. The van der Waals surface area contributed by atoms with Gasteiger partial charge in [-0.05, 0) is 87.4 Å². The van der Waals surface area contributed by atoms with Gasteiger partial charge in [0.25, 0.3) is 0 Å². The molecule has 3 rings (SSSR count). The van der Waals surface area contributed by atoms with Gasteiger partial charge in [0, 0.05) is 24.0 Å².